The molecule has 170 valence electrons. The Morgan fingerprint density at radius 2 is 2.16 bits per heavy atom. The second kappa shape index (κ2) is 9.66. The van der Waals surface area contributed by atoms with Crippen molar-refractivity contribution < 1.29 is 23.9 Å². The zero-order valence-corrected chi connectivity index (χ0v) is 18.8. The Balaban J connectivity index is 1.49. The van der Waals surface area contributed by atoms with Crippen LogP contribution >= 0.6 is 11.3 Å². The smallest absolute Gasteiger partial charge is 0.275 e. The van der Waals surface area contributed by atoms with E-state index in [9.17, 15) is 14.4 Å². The van der Waals surface area contributed by atoms with Crippen molar-refractivity contribution in [2.45, 2.75) is 44.4 Å². The maximum Gasteiger partial charge on any atom is 0.275 e. The number of carbonyl (C=O) groups is 3. The molecule has 1 fully saturated rings. The van der Waals surface area contributed by atoms with Gasteiger partial charge in [0.1, 0.15) is 24.2 Å². The molecule has 0 bridgehead atoms. The first kappa shape index (κ1) is 22.2. The molecule has 0 aliphatic carbocycles. The van der Waals surface area contributed by atoms with Crippen molar-refractivity contribution in [1.29, 1.82) is 0 Å². The lowest BCUT2D eigenvalue weighted by atomic mass is 9.94. The van der Waals surface area contributed by atoms with Gasteiger partial charge in [-0.05, 0) is 38.0 Å². The Morgan fingerprint density at radius 1 is 1.31 bits per heavy atom. The minimum Gasteiger partial charge on any atom is -0.490 e. The highest BCUT2D eigenvalue weighted by atomic mass is 32.1. The van der Waals surface area contributed by atoms with Gasteiger partial charge in [0.05, 0.1) is 29.6 Å². The summed E-state index contributed by atoms with van der Waals surface area (Å²) >= 11 is 1.34. The zero-order valence-electron chi connectivity index (χ0n) is 18.0. The molecule has 2 aromatic rings. The van der Waals surface area contributed by atoms with Crippen molar-refractivity contribution in [3.05, 3.63) is 40.3 Å². The molecule has 1 aromatic heterocycles. The number of hydrogen-bond acceptors (Lipinski definition) is 7. The van der Waals surface area contributed by atoms with Crippen molar-refractivity contribution in [2.24, 2.45) is 0 Å². The normalized spacial score (nSPS) is 22.6. The average Bonchev–Trinajstić information content (AvgIpc) is 3.32. The van der Waals surface area contributed by atoms with Gasteiger partial charge in [0.15, 0.2) is 0 Å². The molecule has 1 aromatic carbocycles. The van der Waals surface area contributed by atoms with E-state index in [1.807, 2.05) is 6.92 Å². The van der Waals surface area contributed by atoms with Crippen molar-refractivity contribution in [3.63, 3.8) is 0 Å². The molecule has 2 aliphatic heterocycles. The minimum absolute atomic E-state index is 0.0373. The average molecular weight is 459 g/mol. The van der Waals surface area contributed by atoms with Gasteiger partial charge in [-0.15, -0.1) is 11.3 Å². The van der Waals surface area contributed by atoms with E-state index in [2.05, 4.69) is 15.6 Å². The third-order valence-electron chi connectivity index (χ3n) is 5.72. The van der Waals surface area contributed by atoms with Crippen LogP contribution in [0, 0.1) is 0 Å². The van der Waals surface area contributed by atoms with Gasteiger partial charge in [0.2, 0.25) is 5.91 Å². The zero-order chi connectivity index (χ0) is 22.7. The molecule has 4 rings (SSSR count). The van der Waals surface area contributed by atoms with Crippen LogP contribution in [0.2, 0.25) is 0 Å². The van der Waals surface area contributed by atoms with Crippen molar-refractivity contribution in [3.8, 4) is 5.75 Å². The minimum atomic E-state index is -0.335. The van der Waals surface area contributed by atoms with E-state index in [1.165, 1.54) is 11.3 Å². The van der Waals surface area contributed by atoms with Gasteiger partial charge in [-0.1, -0.05) is 0 Å². The number of nitrogens with zero attached hydrogens (tertiary/aromatic N) is 2. The topological polar surface area (TPSA) is 110 Å². The molecule has 3 heterocycles. The number of anilines is 1. The highest BCUT2D eigenvalue weighted by Gasteiger charge is 2.39. The fourth-order valence-electron chi connectivity index (χ4n) is 4.10. The summed E-state index contributed by atoms with van der Waals surface area (Å²) in [7, 11) is 1.75. The lowest BCUT2D eigenvalue weighted by Gasteiger charge is -2.42. The van der Waals surface area contributed by atoms with Gasteiger partial charge in [-0.2, -0.15) is 0 Å². The van der Waals surface area contributed by atoms with E-state index in [-0.39, 0.29) is 42.6 Å². The van der Waals surface area contributed by atoms with E-state index < -0.39 is 0 Å². The van der Waals surface area contributed by atoms with Crippen LogP contribution in [0.5, 0.6) is 5.75 Å². The lowest BCUT2D eigenvalue weighted by molar-refractivity contribution is -0.133. The molecule has 32 heavy (non-hydrogen) atoms. The summed E-state index contributed by atoms with van der Waals surface area (Å²) in [6.45, 7) is 2.73. The van der Waals surface area contributed by atoms with Gasteiger partial charge in [-0.25, -0.2) is 4.98 Å². The van der Waals surface area contributed by atoms with Crippen LogP contribution in [-0.4, -0.2) is 66.1 Å². The highest BCUT2D eigenvalue weighted by molar-refractivity contribution is 7.07. The Hall–Kier alpha value is -2.98. The number of fused-ring (bicyclic) bond motifs is 2. The summed E-state index contributed by atoms with van der Waals surface area (Å²) < 4.78 is 12.1. The summed E-state index contributed by atoms with van der Waals surface area (Å²) in [6.07, 6.45) is 1.18. The number of aromatic nitrogens is 1. The number of benzene rings is 1. The van der Waals surface area contributed by atoms with E-state index in [0.717, 1.165) is 6.42 Å². The van der Waals surface area contributed by atoms with E-state index >= 15 is 0 Å². The van der Waals surface area contributed by atoms with E-state index in [0.29, 0.717) is 42.1 Å². The molecule has 3 amide bonds. The summed E-state index contributed by atoms with van der Waals surface area (Å²) in [4.78, 5) is 43.2. The van der Waals surface area contributed by atoms with Crippen molar-refractivity contribution in [2.75, 3.05) is 25.5 Å². The molecule has 0 unspecified atom stereocenters. The van der Waals surface area contributed by atoms with Gasteiger partial charge < -0.3 is 25.0 Å². The monoisotopic (exact) mass is 458 g/mol. The Morgan fingerprint density at radius 3 is 2.91 bits per heavy atom. The number of hydrogen-bond donors (Lipinski definition) is 2. The number of rotatable bonds is 5. The molecule has 2 aliphatic rings. The third kappa shape index (κ3) is 4.76. The van der Waals surface area contributed by atoms with Gasteiger partial charge in [0, 0.05) is 24.7 Å². The fraction of sp³-hybridized carbons (Fsp3) is 0.455. The Kier molecular flexibility index (Phi) is 6.71. The maximum atomic E-state index is 13.3. The van der Waals surface area contributed by atoms with Crippen molar-refractivity contribution >= 4 is 34.7 Å². The number of amides is 3. The van der Waals surface area contributed by atoms with Crippen LogP contribution < -0.4 is 15.4 Å². The Labute approximate surface area is 190 Å². The van der Waals surface area contributed by atoms with E-state index in [4.69, 9.17) is 9.47 Å². The third-order valence-corrected chi connectivity index (χ3v) is 6.31. The fourth-order valence-corrected chi connectivity index (χ4v) is 4.63. The molecule has 0 radical (unpaired) electrons. The van der Waals surface area contributed by atoms with Crippen molar-refractivity contribution in [1.82, 2.24) is 15.2 Å². The van der Waals surface area contributed by atoms with Gasteiger partial charge in [-0.3, -0.25) is 14.4 Å². The van der Waals surface area contributed by atoms with Gasteiger partial charge in [0.25, 0.3) is 11.8 Å². The summed E-state index contributed by atoms with van der Waals surface area (Å²) in [6, 6.07) is 4.83. The molecule has 2 N–H and O–H groups in total. The maximum absolute atomic E-state index is 13.3. The molecule has 9 nitrogen and oxygen atoms in total. The van der Waals surface area contributed by atoms with Crippen LogP contribution in [0.4, 0.5) is 5.69 Å². The summed E-state index contributed by atoms with van der Waals surface area (Å²) in [5.41, 5.74) is 2.79. The SMILES string of the molecule is CCNC(=O)C[C@H]1CC[C@@H]2[C@H](COc3ccc(NC(=O)c4cscn4)cc3C(=O)N2C)O1. The Bertz CT molecular complexity index is 996. The summed E-state index contributed by atoms with van der Waals surface area (Å²) in [5, 5.41) is 7.23. The molecule has 0 saturated carbocycles. The first-order chi connectivity index (χ1) is 15.5. The standard InChI is InChI=1S/C22H26N4O5S/c1-3-23-20(27)9-14-5-6-17-19(31-14)10-30-18-7-4-13(8-15(18)22(29)26(17)2)25-21(28)16-11-32-12-24-16/h4,7-8,11-12,14,17,19H,3,5-6,9-10H2,1-2H3,(H,23,27)(H,25,28)/t14-,17-,19+/m1/s1. The molecule has 10 heteroatoms. The molecule has 0 spiro atoms. The quantitative estimate of drug-likeness (QED) is 0.712. The van der Waals surface area contributed by atoms with Crippen LogP contribution in [-0.2, 0) is 9.53 Å². The van der Waals surface area contributed by atoms with Crippen LogP contribution in [0.3, 0.4) is 0 Å². The molecule has 1 saturated heterocycles. The second-order valence-electron chi connectivity index (χ2n) is 7.86. The van der Waals surface area contributed by atoms with Crippen LogP contribution in [0.15, 0.2) is 29.1 Å². The second-order valence-corrected chi connectivity index (χ2v) is 8.58. The largest absolute Gasteiger partial charge is 0.490 e. The number of carbonyl (C=O) groups excluding carboxylic acids is 3. The molecular weight excluding hydrogens is 432 g/mol. The molecule has 3 atom stereocenters. The van der Waals surface area contributed by atoms with Crippen LogP contribution in [0.1, 0.15) is 47.0 Å². The predicted octanol–water partition coefficient (Wildman–Crippen LogP) is 2.30. The highest BCUT2D eigenvalue weighted by Crippen LogP contribution is 2.32. The van der Waals surface area contributed by atoms with Gasteiger partial charge >= 0.3 is 0 Å². The van der Waals surface area contributed by atoms with Crippen LogP contribution in [0.25, 0.3) is 0 Å². The lowest BCUT2D eigenvalue weighted by Crippen LogP contribution is -2.54. The predicted molar refractivity (Wildman–Crippen MR) is 119 cm³/mol. The number of thiazole rings is 1. The first-order valence-corrected chi connectivity index (χ1v) is 11.6. The number of nitrogens with one attached hydrogen (secondary N) is 2. The first-order valence-electron chi connectivity index (χ1n) is 10.6. The molecular formula is C22H26N4O5S. The number of likely N-dealkylation sites (N-methyl/N-ethyl adjacent to an activating group) is 1. The van der Waals surface area contributed by atoms with E-state index in [1.54, 1.807) is 41.0 Å². The summed E-state index contributed by atoms with van der Waals surface area (Å²) in [5.74, 6) is -0.144. The number of ether oxygens (including phenoxy) is 2.